The van der Waals surface area contributed by atoms with E-state index in [0.29, 0.717) is 6.42 Å². The molecule has 3 aromatic rings. The summed E-state index contributed by atoms with van der Waals surface area (Å²) in [5, 5.41) is 11.8. The molecule has 2 heterocycles. The van der Waals surface area contributed by atoms with E-state index in [9.17, 15) is 4.39 Å². The summed E-state index contributed by atoms with van der Waals surface area (Å²) in [6, 6.07) is 10.6. The molecule has 2 aromatic heterocycles. The molecule has 5 heteroatoms. The number of thiophene rings is 1. The SMILES string of the molecule is Cc1csc(-c2sc(CC#N)nc2-c2ccc(F)cc2)c1. The van der Waals surface area contributed by atoms with Crippen molar-refractivity contribution in [2.24, 2.45) is 0 Å². The van der Waals surface area contributed by atoms with Gasteiger partial charge in [0.1, 0.15) is 10.8 Å². The van der Waals surface area contributed by atoms with Crippen LogP contribution < -0.4 is 0 Å². The molecule has 104 valence electrons. The van der Waals surface area contributed by atoms with Crippen molar-refractivity contribution in [1.29, 1.82) is 5.26 Å². The molecule has 0 aliphatic heterocycles. The first-order valence-electron chi connectivity index (χ1n) is 6.35. The van der Waals surface area contributed by atoms with Crippen LogP contribution >= 0.6 is 22.7 Å². The van der Waals surface area contributed by atoms with Crippen LogP contribution in [0.25, 0.3) is 21.0 Å². The van der Waals surface area contributed by atoms with Crippen LogP contribution in [-0.4, -0.2) is 4.98 Å². The molecule has 0 aliphatic rings. The van der Waals surface area contributed by atoms with Gasteiger partial charge in [-0.05, 0) is 48.2 Å². The zero-order valence-corrected chi connectivity index (χ0v) is 12.9. The maximum Gasteiger partial charge on any atom is 0.123 e. The fourth-order valence-electron chi connectivity index (χ4n) is 2.03. The maximum absolute atomic E-state index is 13.1. The first kappa shape index (κ1) is 13.9. The van der Waals surface area contributed by atoms with E-state index in [1.807, 2.05) is 0 Å². The minimum atomic E-state index is -0.264. The van der Waals surface area contributed by atoms with E-state index in [0.717, 1.165) is 26.0 Å². The molecule has 21 heavy (non-hydrogen) atoms. The molecule has 0 saturated heterocycles. The van der Waals surface area contributed by atoms with Gasteiger partial charge in [0.25, 0.3) is 0 Å². The number of aryl methyl sites for hydroxylation is 1. The third-order valence-electron chi connectivity index (χ3n) is 2.97. The van der Waals surface area contributed by atoms with Crippen LogP contribution in [0.15, 0.2) is 35.7 Å². The minimum Gasteiger partial charge on any atom is -0.239 e. The van der Waals surface area contributed by atoms with Gasteiger partial charge in [0.05, 0.1) is 23.1 Å². The molecule has 0 atom stereocenters. The Labute approximate surface area is 130 Å². The molecule has 3 rings (SSSR count). The summed E-state index contributed by atoms with van der Waals surface area (Å²) < 4.78 is 13.1. The van der Waals surface area contributed by atoms with Crippen LogP contribution in [0.1, 0.15) is 10.6 Å². The summed E-state index contributed by atoms with van der Waals surface area (Å²) in [5.41, 5.74) is 2.90. The zero-order chi connectivity index (χ0) is 14.8. The van der Waals surface area contributed by atoms with Gasteiger partial charge < -0.3 is 0 Å². The second kappa shape index (κ2) is 5.76. The van der Waals surface area contributed by atoms with E-state index in [-0.39, 0.29) is 5.82 Å². The average molecular weight is 314 g/mol. The summed E-state index contributed by atoms with van der Waals surface area (Å²) in [7, 11) is 0. The number of halogens is 1. The Morgan fingerprint density at radius 2 is 2.05 bits per heavy atom. The van der Waals surface area contributed by atoms with Crippen LogP contribution in [0.4, 0.5) is 4.39 Å². The quantitative estimate of drug-likeness (QED) is 0.678. The second-order valence-corrected chi connectivity index (χ2v) is 6.61. The smallest absolute Gasteiger partial charge is 0.123 e. The van der Waals surface area contributed by atoms with Crippen LogP contribution in [-0.2, 0) is 6.42 Å². The third-order valence-corrected chi connectivity index (χ3v) is 5.26. The number of hydrogen-bond acceptors (Lipinski definition) is 4. The zero-order valence-electron chi connectivity index (χ0n) is 11.3. The van der Waals surface area contributed by atoms with Crippen molar-refractivity contribution in [2.75, 3.05) is 0 Å². The fourth-order valence-corrected chi connectivity index (χ4v) is 4.07. The monoisotopic (exact) mass is 314 g/mol. The van der Waals surface area contributed by atoms with Crippen LogP contribution in [0.3, 0.4) is 0 Å². The number of nitrogens with zero attached hydrogens (tertiary/aromatic N) is 2. The Morgan fingerprint density at radius 3 is 2.67 bits per heavy atom. The lowest BCUT2D eigenvalue weighted by molar-refractivity contribution is 0.628. The second-order valence-electron chi connectivity index (χ2n) is 4.62. The highest BCUT2D eigenvalue weighted by Crippen LogP contribution is 2.39. The van der Waals surface area contributed by atoms with E-state index in [1.165, 1.54) is 29.0 Å². The fraction of sp³-hybridized carbons (Fsp3) is 0.125. The minimum absolute atomic E-state index is 0.264. The Kier molecular flexibility index (Phi) is 3.82. The molecule has 0 radical (unpaired) electrons. The Morgan fingerprint density at radius 1 is 1.29 bits per heavy atom. The molecule has 0 saturated carbocycles. The predicted molar refractivity (Wildman–Crippen MR) is 84.9 cm³/mol. The highest BCUT2D eigenvalue weighted by atomic mass is 32.1. The predicted octanol–water partition coefficient (Wildman–Crippen LogP) is 5.05. The molecule has 0 fully saturated rings. The Balaban J connectivity index is 2.14. The van der Waals surface area contributed by atoms with Gasteiger partial charge in [-0.25, -0.2) is 9.37 Å². The summed E-state index contributed by atoms with van der Waals surface area (Å²) in [4.78, 5) is 6.74. The van der Waals surface area contributed by atoms with Gasteiger partial charge in [-0.3, -0.25) is 0 Å². The molecule has 0 spiro atoms. The molecule has 0 bridgehead atoms. The summed E-state index contributed by atoms with van der Waals surface area (Å²) in [6.07, 6.45) is 0.295. The van der Waals surface area contributed by atoms with Crippen molar-refractivity contribution in [3.63, 3.8) is 0 Å². The van der Waals surface area contributed by atoms with E-state index in [4.69, 9.17) is 5.26 Å². The van der Waals surface area contributed by atoms with Gasteiger partial charge in [-0.1, -0.05) is 0 Å². The molecule has 0 N–H and O–H groups in total. The van der Waals surface area contributed by atoms with Crippen molar-refractivity contribution in [2.45, 2.75) is 13.3 Å². The van der Waals surface area contributed by atoms with Crippen LogP contribution in [0.2, 0.25) is 0 Å². The number of hydrogen-bond donors (Lipinski definition) is 0. The highest BCUT2D eigenvalue weighted by Gasteiger charge is 2.16. The lowest BCUT2D eigenvalue weighted by Gasteiger charge is -2.00. The Bertz CT molecular complexity index is 810. The van der Waals surface area contributed by atoms with Crippen LogP contribution in [0.5, 0.6) is 0 Å². The number of thiazole rings is 1. The van der Waals surface area contributed by atoms with Crippen molar-refractivity contribution < 1.29 is 4.39 Å². The van der Waals surface area contributed by atoms with Crippen LogP contribution in [0, 0.1) is 24.1 Å². The number of benzene rings is 1. The maximum atomic E-state index is 13.1. The van der Waals surface area contributed by atoms with E-state index < -0.39 is 0 Å². The first-order chi connectivity index (χ1) is 10.2. The van der Waals surface area contributed by atoms with Gasteiger partial charge in [-0.15, -0.1) is 22.7 Å². The number of aromatic nitrogens is 1. The topological polar surface area (TPSA) is 36.7 Å². The first-order valence-corrected chi connectivity index (χ1v) is 8.05. The Hall–Kier alpha value is -2.03. The van der Waals surface area contributed by atoms with E-state index in [2.05, 4.69) is 29.4 Å². The summed E-state index contributed by atoms with van der Waals surface area (Å²) in [6.45, 7) is 2.05. The average Bonchev–Trinajstić information content (AvgIpc) is 3.06. The van der Waals surface area contributed by atoms with Gasteiger partial charge in [0.15, 0.2) is 0 Å². The lowest BCUT2D eigenvalue weighted by Crippen LogP contribution is -1.83. The largest absolute Gasteiger partial charge is 0.239 e. The standard InChI is InChI=1S/C16H11FN2S2/c1-10-8-13(20-9-10)16-15(19-14(21-16)6-7-18)11-2-4-12(17)5-3-11/h2-5,8-9H,6H2,1H3. The lowest BCUT2D eigenvalue weighted by atomic mass is 10.1. The summed E-state index contributed by atoms with van der Waals surface area (Å²) >= 11 is 3.19. The van der Waals surface area contributed by atoms with Crippen molar-refractivity contribution in [3.05, 3.63) is 52.1 Å². The van der Waals surface area contributed by atoms with E-state index >= 15 is 0 Å². The number of nitriles is 1. The molecule has 2 nitrogen and oxygen atoms in total. The van der Waals surface area contributed by atoms with Gasteiger partial charge >= 0.3 is 0 Å². The molecular formula is C16H11FN2S2. The van der Waals surface area contributed by atoms with Gasteiger partial charge in [-0.2, -0.15) is 5.26 Å². The van der Waals surface area contributed by atoms with Crippen molar-refractivity contribution in [1.82, 2.24) is 4.98 Å². The summed E-state index contributed by atoms with van der Waals surface area (Å²) in [5.74, 6) is -0.264. The van der Waals surface area contributed by atoms with Gasteiger partial charge in [0, 0.05) is 10.4 Å². The normalized spacial score (nSPS) is 10.5. The number of rotatable bonds is 3. The van der Waals surface area contributed by atoms with E-state index in [1.54, 1.807) is 23.5 Å². The molecule has 0 unspecified atom stereocenters. The third kappa shape index (κ3) is 2.87. The van der Waals surface area contributed by atoms with Crippen molar-refractivity contribution in [3.8, 4) is 27.1 Å². The molecule has 0 aliphatic carbocycles. The molecule has 0 amide bonds. The molecular weight excluding hydrogens is 303 g/mol. The van der Waals surface area contributed by atoms with Gasteiger partial charge in [0.2, 0.25) is 0 Å². The highest BCUT2D eigenvalue weighted by molar-refractivity contribution is 7.21. The molecule has 1 aromatic carbocycles. The van der Waals surface area contributed by atoms with Crippen molar-refractivity contribution >= 4 is 22.7 Å².